The van der Waals surface area contributed by atoms with E-state index < -0.39 is 0 Å². The molecule has 0 saturated heterocycles. The van der Waals surface area contributed by atoms with Crippen LogP contribution in [0.1, 0.15) is 0 Å². The van der Waals surface area contributed by atoms with Crippen molar-refractivity contribution in [2.75, 3.05) is 5.73 Å². The van der Waals surface area contributed by atoms with E-state index in [2.05, 4.69) is 20.9 Å². The predicted octanol–water partition coefficient (Wildman–Crippen LogP) is 3.75. The molecular formula is C11H8BrClN2. The van der Waals surface area contributed by atoms with Gasteiger partial charge in [-0.1, -0.05) is 45.7 Å². The number of nitrogens with two attached hydrogens (primary N) is 1. The molecule has 2 aromatic rings. The summed E-state index contributed by atoms with van der Waals surface area (Å²) in [6.45, 7) is 0. The van der Waals surface area contributed by atoms with Crippen LogP contribution in [0.15, 0.2) is 40.9 Å². The number of pyridine rings is 1. The zero-order valence-electron chi connectivity index (χ0n) is 7.74. The molecule has 0 aliphatic heterocycles. The monoisotopic (exact) mass is 282 g/mol. The van der Waals surface area contributed by atoms with E-state index in [1.54, 1.807) is 12.1 Å². The summed E-state index contributed by atoms with van der Waals surface area (Å²) in [5.41, 5.74) is 8.07. The van der Waals surface area contributed by atoms with Crippen LogP contribution < -0.4 is 5.73 Å². The lowest BCUT2D eigenvalue weighted by atomic mass is 10.1. The topological polar surface area (TPSA) is 38.9 Å². The smallest absolute Gasteiger partial charge is 0.131 e. The molecule has 0 aliphatic carbocycles. The predicted molar refractivity (Wildman–Crippen MR) is 66.8 cm³/mol. The number of anilines is 1. The minimum atomic E-state index is 0.403. The van der Waals surface area contributed by atoms with Gasteiger partial charge in [0.1, 0.15) is 5.15 Å². The number of rotatable bonds is 1. The Morgan fingerprint density at radius 1 is 1.20 bits per heavy atom. The van der Waals surface area contributed by atoms with Crippen molar-refractivity contribution in [2.45, 2.75) is 0 Å². The van der Waals surface area contributed by atoms with Crippen LogP contribution in [-0.2, 0) is 0 Å². The fourth-order valence-electron chi connectivity index (χ4n) is 1.32. The first-order chi connectivity index (χ1) is 7.16. The minimum Gasteiger partial charge on any atom is -0.399 e. The number of benzene rings is 1. The molecule has 0 unspecified atom stereocenters. The van der Waals surface area contributed by atoms with Crippen LogP contribution in [-0.4, -0.2) is 4.98 Å². The van der Waals surface area contributed by atoms with Gasteiger partial charge in [-0.3, -0.25) is 0 Å². The molecule has 4 heteroatoms. The van der Waals surface area contributed by atoms with E-state index in [1.807, 2.05) is 24.3 Å². The molecule has 0 saturated carbocycles. The molecular weight excluding hydrogens is 275 g/mol. The molecule has 2 nitrogen and oxygen atoms in total. The van der Waals surface area contributed by atoms with Crippen molar-refractivity contribution in [3.63, 3.8) is 0 Å². The average molecular weight is 284 g/mol. The first-order valence-electron chi connectivity index (χ1n) is 4.35. The lowest BCUT2D eigenvalue weighted by Gasteiger charge is -2.05. The van der Waals surface area contributed by atoms with E-state index in [1.165, 1.54) is 0 Å². The number of nitrogen functional groups attached to an aromatic ring is 1. The first kappa shape index (κ1) is 10.5. The Balaban J connectivity index is 2.59. The van der Waals surface area contributed by atoms with Crippen molar-refractivity contribution in [3.05, 3.63) is 46.0 Å². The van der Waals surface area contributed by atoms with Gasteiger partial charge in [-0.25, -0.2) is 4.98 Å². The maximum absolute atomic E-state index is 5.85. The summed E-state index contributed by atoms with van der Waals surface area (Å²) in [4.78, 5) is 4.22. The lowest BCUT2D eigenvalue weighted by Crippen LogP contribution is -1.90. The van der Waals surface area contributed by atoms with Crippen LogP contribution >= 0.6 is 27.5 Å². The Morgan fingerprint density at radius 3 is 2.60 bits per heavy atom. The SMILES string of the molecule is Nc1cc(Cl)nc(-c2ccccc2Br)c1. The molecule has 15 heavy (non-hydrogen) atoms. The quantitative estimate of drug-likeness (QED) is 0.810. The summed E-state index contributed by atoms with van der Waals surface area (Å²) < 4.78 is 0.971. The molecule has 0 spiro atoms. The third-order valence-corrected chi connectivity index (χ3v) is 2.85. The highest BCUT2D eigenvalue weighted by atomic mass is 79.9. The van der Waals surface area contributed by atoms with Crippen molar-refractivity contribution >= 4 is 33.2 Å². The van der Waals surface area contributed by atoms with Gasteiger partial charge < -0.3 is 5.73 Å². The molecule has 2 N–H and O–H groups in total. The number of aromatic nitrogens is 1. The summed E-state index contributed by atoms with van der Waals surface area (Å²) in [5, 5.41) is 0.403. The lowest BCUT2D eigenvalue weighted by molar-refractivity contribution is 1.32. The summed E-state index contributed by atoms with van der Waals surface area (Å²) in [6.07, 6.45) is 0. The molecule has 2 rings (SSSR count). The highest BCUT2D eigenvalue weighted by Crippen LogP contribution is 2.28. The second-order valence-electron chi connectivity index (χ2n) is 3.09. The first-order valence-corrected chi connectivity index (χ1v) is 5.52. The molecule has 0 atom stereocenters. The molecule has 1 aromatic heterocycles. The van der Waals surface area contributed by atoms with Gasteiger partial charge in [-0.2, -0.15) is 0 Å². The number of hydrogen-bond acceptors (Lipinski definition) is 2. The molecule has 0 bridgehead atoms. The van der Waals surface area contributed by atoms with Gasteiger partial charge in [0, 0.05) is 15.7 Å². The Morgan fingerprint density at radius 2 is 1.93 bits per heavy atom. The summed E-state index contributed by atoms with van der Waals surface area (Å²) in [7, 11) is 0. The maximum Gasteiger partial charge on any atom is 0.131 e. The summed E-state index contributed by atoms with van der Waals surface area (Å²) >= 11 is 9.30. The Kier molecular flexibility index (Phi) is 2.93. The molecule has 1 aromatic carbocycles. The van der Waals surface area contributed by atoms with E-state index in [-0.39, 0.29) is 0 Å². The van der Waals surface area contributed by atoms with Gasteiger partial charge in [0.2, 0.25) is 0 Å². The van der Waals surface area contributed by atoms with Crippen LogP contribution in [0.3, 0.4) is 0 Å². The molecule has 0 amide bonds. The van der Waals surface area contributed by atoms with E-state index >= 15 is 0 Å². The van der Waals surface area contributed by atoms with E-state index in [4.69, 9.17) is 17.3 Å². The second kappa shape index (κ2) is 4.21. The van der Waals surface area contributed by atoms with E-state index in [0.717, 1.165) is 15.7 Å². The van der Waals surface area contributed by atoms with Crippen LogP contribution in [0.4, 0.5) is 5.69 Å². The van der Waals surface area contributed by atoms with Gasteiger partial charge in [-0.15, -0.1) is 0 Å². The average Bonchev–Trinajstić information content (AvgIpc) is 2.16. The minimum absolute atomic E-state index is 0.403. The van der Waals surface area contributed by atoms with E-state index in [9.17, 15) is 0 Å². The highest BCUT2D eigenvalue weighted by molar-refractivity contribution is 9.10. The molecule has 0 radical (unpaired) electrons. The van der Waals surface area contributed by atoms with Crippen LogP contribution in [0.25, 0.3) is 11.3 Å². The standard InChI is InChI=1S/C11H8BrClN2/c12-9-4-2-1-3-8(9)10-5-7(14)6-11(13)15-10/h1-6H,(H2,14,15). The Bertz CT molecular complexity index is 479. The molecule has 76 valence electrons. The van der Waals surface area contributed by atoms with Crippen molar-refractivity contribution < 1.29 is 0 Å². The van der Waals surface area contributed by atoms with Gasteiger partial charge in [0.05, 0.1) is 5.69 Å². The third-order valence-electron chi connectivity index (χ3n) is 1.97. The van der Waals surface area contributed by atoms with E-state index in [0.29, 0.717) is 10.8 Å². The second-order valence-corrected chi connectivity index (χ2v) is 4.33. The van der Waals surface area contributed by atoms with Crippen LogP contribution in [0.5, 0.6) is 0 Å². The Hall–Kier alpha value is -1.06. The van der Waals surface area contributed by atoms with Crippen molar-refractivity contribution in [1.82, 2.24) is 4.98 Å². The molecule has 1 heterocycles. The van der Waals surface area contributed by atoms with Crippen molar-refractivity contribution in [2.24, 2.45) is 0 Å². The summed E-state index contributed by atoms with van der Waals surface area (Å²) in [5.74, 6) is 0. The highest BCUT2D eigenvalue weighted by Gasteiger charge is 2.05. The van der Waals surface area contributed by atoms with Gasteiger partial charge in [0.15, 0.2) is 0 Å². The fourth-order valence-corrected chi connectivity index (χ4v) is 2.03. The van der Waals surface area contributed by atoms with Gasteiger partial charge in [-0.05, 0) is 18.2 Å². The van der Waals surface area contributed by atoms with Crippen LogP contribution in [0, 0.1) is 0 Å². The normalized spacial score (nSPS) is 10.3. The number of hydrogen-bond donors (Lipinski definition) is 1. The number of nitrogens with zero attached hydrogens (tertiary/aromatic N) is 1. The number of halogens is 2. The largest absolute Gasteiger partial charge is 0.399 e. The zero-order chi connectivity index (χ0) is 10.8. The van der Waals surface area contributed by atoms with Crippen LogP contribution in [0.2, 0.25) is 5.15 Å². The van der Waals surface area contributed by atoms with Crippen molar-refractivity contribution in [3.8, 4) is 11.3 Å². The summed E-state index contributed by atoms with van der Waals surface area (Å²) in [6, 6.07) is 11.2. The molecule has 0 aliphatic rings. The Labute approximate surface area is 101 Å². The van der Waals surface area contributed by atoms with Crippen molar-refractivity contribution in [1.29, 1.82) is 0 Å². The zero-order valence-corrected chi connectivity index (χ0v) is 10.1. The van der Waals surface area contributed by atoms with Gasteiger partial charge in [0.25, 0.3) is 0 Å². The maximum atomic E-state index is 5.85. The van der Waals surface area contributed by atoms with Gasteiger partial charge >= 0.3 is 0 Å². The fraction of sp³-hybridized carbons (Fsp3) is 0. The molecule has 0 fully saturated rings. The third kappa shape index (κ3) is 2.30.